The van der Waals surface area contributed by atoms with Crippen LogP contribution in [0.4, 0.5) is 0 Å². The molecule has 1 heterocycles. The number of carbonyl (C=O) groups is 3. The van der Waals surface area contributed by atoms with Crippen LogP contribution in [0.1, 0.15) is 89.7 Å². The van der Waals surface area contributed by atoms with Gasteiger partial charge in [-0.05, 0) is 48.4 Å². The van der Waals surface area contributed by atoms with E-state index in [9.17, 15) is 14.4 Å². The number of ketones is 1. The van der Waals surface area contributed by atoms with Crippen molar-refractivity contribution in [2.24, 2.45) is 5.41 Å². The number of aromatic nitrogens is 1. The van der Waals surface area contributed by atoms with Gasteiger partial charge in [0.2, 0.25) is 5.91 Å². The number of rotatable bonds is 8. The minimum absolute atomic E-state index is 0.0525. The molecule has 0 radical (unpaired) electrons. The Kier molecular flexibility index (Phi) is 7.37. The van der Waals surface area contributed by atoms with E-state index in [1.807, 2.05) is 20.8 Å². The van der Waals surface area contributed by atoms with Gasteiger partial charge in [0.05, 0.1) is 11.6 Å². The van der Waals surface area contributed by atoms with Crippen LogP contribution in [-0.2, 0) is 17.8 Å². The van der Waals surface area contributed by atoms with E-state index in [-0.39, 0.29) is 23.0 Å². The number of carbonyl (C=O) groups excluding carboxylic acids is 3. The third-order valence-corrected chi connectivity index (χ3v) is 6.15. The van der Waals surface area contributed by atoms with E-state index in [0.29, 0.717) is 48.2 Å². The highest BCUT2D eigenvalue weighted by Crippen LogP contribution is 2.36. The van der Waals surface area contributed by atoms with Gasteiger partial charge in [0.1, 0.15) is 11.7 Å². The Morgan fingerprint density at radius 2 is 1.91 bits per heavy atom. The zero-order valence-electron chi connectivity index (χ0n) is 19.8. The van der Waals surface area contributed by atoms with E-state index in [0.717, 1.165) is 24.1 Å². The molecule has 0 aliphatic heterocycles. The first-order valence-electron chi connectivity index (χ1n) is 11.5. The van der Waals surface area contributed by atoms with Gasteiger partial charge in [-0.2, -0.15) is 5.26 Å². The lowest BCUT2D eigenvalue weighted by Crippen LogP contribution is -2.46. The second-order valence-electron chi connectivity index (χ2n) is 9.61. The summed E-state index contributed by atoms with van der Waals surface area (Å²) in [5.41, 5.74) is 3.71. The van der Waals surface area contributed by atoms with Crippen LogP contribution in [0.3, 0.4) is 0 Å². The van der Waals surface area contributed by atoms with E-state index < -0.39 is 6.04 Å². The summed E-state index contributed by atoms with van der Waals surface area (Å²) < 4.78 is 0. The summed E-state index contributed by atoms with van der Waals surface area (Å²) in [6.07, 6.45) is 3.37. The van der Waals surface area contributed by atoms with Gasteiger partial charge in [-0.15, -0.1) is 0 Å². The zero-order chi connectivity index (χ0) is 24.2. The molecule has 2 amide bonds. The van der Waals surface area contributed by atoms with Gasteiger partial charge in [-0.3, -0.25) is 14.4 Å². The van der Waals surface area contributed by atoms with Gasteiger partial charge in [-0.25, -0.2) is 0 Å². The van der Waals surface area contributed by atoms with Crippen molar-refractivity contribution >= 4 is 17.6 Å². The number of Topliss-reactive ketones (excluding diaryl/α,β-unsaturated/α-hetero) is 1. The highest BCUT2D eigenvalue weighted by atomic mass is 16.2. The van der Waals surface area contributed by atoms with Gasteiger partial charge < -0.3 is 15.6 Å². The van der Waals surface area contributed by atoms with E-state index in [1.165, 1.54) is 0 Å². The quantitative estimate of drug-likeness (QED) is 0.567. The smallest absolute Gasteiger partial charge is 0.268 e. The molecule has 7 nitrogen and oxygen atoms in total. The van der Waals surface area contributed by atoms with Crippen LogP contribution in [0.2, 0.25) is 0 Å². The molecule has 0 spiro atoms. The lowest BCUT2D eigenvalue weighted by Gasteiger charge is -2.28. The zero-order valence-corrected chi connectivity index (χ0v) is 19.8. The fourth-order valence-corrected chi connectivity index (χ4v) is 4.38. The average molecular weight is 449 g/mol. The summed E-state index contributed by atoms with van der Waals surface area (Å²) in [4.78, 5) is 41.8. The SMILES string of the molecule is CCCCC(NC(=O)c1[nH]c2c(c1C)C(=O)CC(C)(C)C2)C(=O)NCc1ccc(C#N)cc1. The fourth-order valence-electron chi connectivity index (χ4n) is 4.38. The molecule has 33 heavy (non-hydrogen) atoms. The first-order valence-corrected chi connectivity index (χ1v) is 11.5. The maximum atomic E-state index is 13.1. The predicted octanol–water partition coefficient (Wildman–Crippen LogP) is 3.95. The molecular formula is C26H32N4O3. The summed E-state index contributed by atoms with van der Waals surface area (Å²) in [5.74, 6) is -0.578. The van der Waals surface area contributed by atoms with Crippen molar-refractivity contribution in [3.63, 3.8) is 0 Å². The number of nitrogens with zero attached hydrogens (tertiary/aromatic N) is 1. The van der Waals surface area contributed by atoms with Crippen molar-refractivity contribution in [2.45, 2.75) is 72.4 Å². The van der Waals surface area contributed by atoms with Crippen molar-refractivity contribution in [3.05, 3.63) is 57.9 Å². The number of fused-ring (bicyclic) bond motifs is 1. The third-order valence-electron chi connectivity index (χ3n) is 6.15. The molecule has 0 saturated heterocycles. The maximum absolute atomic E-state index is 13.1. The van der Waals surface area contributed by atoms with Crippen molar-refractivity contribution in [2.75, 3.05) is 0 Å². The van der Waals surface area contributed by atoms with Crippen LogP contribution in [-0.4, -0.2) is 28.6 Å². The molecule has 1 aromatic heterocycles. The van der Waals surface area contributed by atoms with Crippen LogP contribution in [0.25, 0.3) is 0 Å². The number of amides is 2. The van der Waals surface area contributed by atoms with Crippen molar-refractivity contribution in [1.82, 2.24) is 15.6 Å². The molecule has 3 N–H and O–H groups in total. The van der Waals surface area contributed by atoms with E-state index in [4.69, 9.17) is 5.26 Å². The van der Waals surface area contributed by atoms with Crippen LogP contribution < -0.4 is 10.6 Å². The van der Waals surface area contributed by atoms with Gasteiger partial charge in [0.15, 0.2) is 5.78 Å². The summed E-state index contributed by atoms with van der Waals surface area (Å²) >= 11 is 0. The van der Waals surface area contributed by atoms with Crippen LogP contribution in [0, 0.1) is 23.7 Å². The molecule has 0 saturated carbocycles. The van der Waals surface area contributed by atoms with Crippen LogP contribution >= 0.6 is 0 Å². The lowest BCUT2D eigenvalue weighted by atomic mass is 9.75. The highest BCUT2D eigenvalue weighted by Gasteiger charge is 2.35. The minimum atomic E-state index is -0.678. The monoisotopic (exact) mass is 448 g/mol. The second-order valence-corrected chi connectivity index (χ2v) is 9.61. The van der Waals surface area contributed by atoms with E-state index in [1.54, 1.807) is 31.2 Å². The fraction of sp³-hybridized carbons (Fsp3) is 0.462. The number of unbranched alkanes of at least 4 members (excludes halogenated alkanes) is 1. The minimum Gasteiger partial charge on any atom is -0.354 e. The number of hydrogen-bond donors (Lipinski definition) is 3. The molecule has 1 aliphatic rings. The number of aromatic amines is 1. The summed E-state index contributed by atoms with van der Waals surface area (Å²) in [7, 11) is 0. The summed E-state index contributed by atoms with van der Waals surface area (Å²) in [5, 5.41) is 14.7. The molecule has 2 aromatic rings. The normalized spacial score (nSPS) is 15.3. The van der Waals surface area contributed by atoms with Crippen molar-refractivity contribution in [1.29, 1.82) is 5.26 Å². The molecular weight excluding hydrogens is 416 g/mol. The van der Waals surface area contributed by atoms with E-state index in [2.05, 4.69) is 21.7 Å². The number of nitriles is 1. The molecule has 3 rings (SSSR count). The van der Waals surface area contributed by atoms with Crippen molar-refractivity contribution < 1.29 is 14.4 Å². The van der Waals surface area contributed by atoms with Crippen LogP contribution in [0.15, 0.2) is 24.3 Å². The topological polar surface area (TPSA) is 115 Å². The lowest BCUT2D eigenvalue weighted by molar-refractivity contribution is -0.123. The third kappa shape index (κ3) is 5.70. The number of benzene rings is 1. The maximum Gasteiger partial charge on any atom is 0.268 e. The molecule has 0 fully saturated rings. The molecule has 174 valence electrons. The molecule has 0 bridgehead atoms. The Morgan fingerprint density at radius 3 is 2.55 bits per heavy atom. The highest BCUT2D eigenvalue weighted by molar-refractivity contribution is 6.05. The average Bonchev–Trinajstić information content (AvgIpc) is 3.10. The van der Waals surface area contributed by atoms with Gasteiger partial charge in [0.25, 0.3) is 5.91 Å². The number of nitrogens with one attached hydrogen (secondary N) is 3. The van der Waals surface area contributed by atoms with Gasteiger partial charge >= 0.3 is 0 Å². The number of hydrogen-bond acceptors (Lipinski definition) is 4. The summed E-state index contributed by atoms with van der Waals surface area (Å²) in [6, 6.07) is 8.39. The van der Waals surface area contributed by atoms with Gasteiger partial charge in [0, 0.05) is 24.2 Å². The number of H-pyrrole nitrogens is 1. The Morgan fingerprint density at radius 1 is 1.21 bits per heavy atom. The molecule has 7 heteroatoms. The predicted molar refractivity (Wildman–Crippen MR) is 126 cm³/mol. The second kappa shape index (κ2) is 10.0. The Bertz CT molecular complexity index is 1090. The first kappa shape index (κ1) is 24.2. The first-order chi connectivity index (χ1) is 15.6. The Hall–Kier alpha value is -3.40. The molecule has 1 aliphatic carbocycles. The standard InChI is InChI=1S/C26H32N4O3/c1-5-6-7-19(24(32)28-15-18-10-8-17(14-27)9-11-18)30-25(33)23-16(2)22-20(29-23)12-26(3,4)13-21(22)31/h8-11,19,29H,5-7,12-13,15H2,1-4H3,(H,28,32)(H,30,33). The molecule has 1 atom stereocenters. The van der Waals surface area contributed by atoms with Crippen LogP contribution in [0.5, 0.6) is 0 Å². The molecule has 1 aromatic carbocycles. The summed E-state index contributed by atoms with van der Waals surface area (Å²) in [6.45, 7) is 8.21. The Labute approximate surface area is 195 Å². The van der Waals surface area contributed by atoms with Crippen molar-refractivity contribution in [3.8, 4) is 6.07 Å². The Balaban J connectivity index is 1.72. The van der Waals surface area contributed by atoms with E-state index >= 15 is 0 Å². The van der Waals surface area contributed by atoms with Gasteiger partial charge in [-0.1, -0.05) is 45.7 Å². The molecule has 1 unspecified atom stereocenters. The largest absolute Gasteiger partial charge is 0.354 e.